The second-order valence-corrected chi connectivity index (χ2v) is 9.78. The summed E-state index contributed by atoms with van der Waals surface area (Å²) in [4.78, 5) is 14.5. The lowest BCUT2D eigenvalue weighted by molar-refractivity contribution is -0.243. The predicted octanol–water partition coefficient (Wildman–Crippen LogP) is 2.15. The van der Waals surface area contributed by atoms with Gasteiger partial charge in [0.15, 0.2) is 17.9 Å². The van der Waals surface area contributed by atoms with Crippen LogP contribution in [0, 0.1) is 0 Å². The van der Waals surface area contributed by atoms with Gasteiger partial charge in [-0.2, -0.15) is 0 Å². The third kappa shape index (κ3) is 4.13. The molecular weight excluding hydrogens is 418 g/mol. The molecule has 1 aromatic carbocycles. The number of amides is 1. The second-order valence-electron chi connectivity index (χ2n) is 9.78. The monoisotopic (exact) mass is 449 g/mol. The fraction of sp³-hybridized carbons (Fsp3) is 0.696. The lowest BCUT2D eigenvalue weighted by Crippen LogP contribution is -2.61. The van der Waals surface area contributed by atoms with E-state index in [1.165, 1.54) is 4.90 Å². The molecule has 32 heavy (non-hydrogen) atoms. The summed E-state index contributed by atoms with van der Waals surface area (Å²) < 4.78 is 36.3. The summed E-state index contributed by atoms with van der Waals surface area (Å²) >= 11 is 0. The Kier molecular flexibility index (Phi) is 5.47. The van der Waals surface area contributed by atoms with E-state index in [1.807, 2.05) is 58.0 Å². The number of carbonyl (C=O) groups is 1. The van der Waals surface area contributed by atoms with Crippen LogP contribution in [0.25, 0.3) is 0 Å². The van der Waals surface area contributed by atoms with E-state index < -0.39 is 60.5 Å². The third-order valence-corrected chi connectivity index (χ3v) is 6.33. The van der Waals surface area contributed by atoms with Gasteiger partial charge in [-0.3, -0.25) is 4.90 Å². The summed E-state index contributed by atoms with van der Waals surface area (Å²) in [7, 11) is 0. The molecule has 4 aliphatic rings. The molecular formula is C23H31NO8. The third-order valence-electron chi connectivity index (χ3n) is 6.33. The van der Waals surface area contributed by atoms with Crippen LogP contribution in [0.5, 0.6) is 0 Å². The first-order chi connectivity index (χ1) is 15.1. The highest BCUT2D eigenvalue weighted by Gasteiger charge is 2.63. The number of carbonyl (C=O) groups excluding carboxylic acids is 1. The molecule has 5 rings (SSSR count). The van der Waals surface area contributed by atoms with Crippen molar-refractivity contribution < 1.29 is 38.3 Å². The number of fused-ring (bicyclic) bond motifs is 3. The highest BCUT2D eigenvalue weighted by Crippen LogP contribution is 2.46. The Bertz CT molecular complexity index is 846. The van der Waals surface area contributed by atoms with Crippen LogP contribution < -0.4 is 0 Å². The number of β-amino-alcohol motifs (C(OH)–C–C–N with tert-alkyl or cyclic N) is 1. The van der Waals surface area contributed by atoms with Crippen LogP contribution in [0.3, 0.4) is 0 Å². The molecule has 7 atom stereocenters. The summed E-state index contributed by atoms with van der Waals surface area (Å²) in [5.74, 6) is -1.66. The first-order valence-corrected chi connectivity index (χ1v) is 11.1. The minimum absolute atomic E-state index is 0.152. The Balaban J connectivity index is 1.36. The average Bonchev–Trinajstić information content (AvgIpc) is 3.37. The quantitative estimate of drug-likeness (QED) is 0.750. The number of ether oxygens (including phenoxy) is 6. The number of hydrogen-bond acceptors (Lipinski definition) is 8. The molecule has 0 aliphatic carbocycles. The maximum absolute atomic E-state index is 13.0. The highest BCUT2D eigenvalue weighted by molar-refractivity contribution is 5.68. The molecule has 9 heteroatoms. The number of likely N-dealkylation sites (tertiary alicyclic amines) is 1. The van der Waals surface area contributed by atoms with Crippen molar-refractivity contribution in [3.05, 3.63) is 35.9 Å². The molecule has 4 heterocycles. The second kappa shape index (κ2) is 7.93. The van der Waals surface area contributed by atoms with Crippen molar-refractivity contribution in [2.45, 2.75) is 95.1 Å². The number of nitrogens with zero attached hydrogens (tertiary/aromatic N) is 1. The number of rotatable bonds is 3. The molecule has 4 fully saturated rings. The Morgan fingerprint density at radius 1 is 1.00 bits per heavy atom. The highest BCUT2D eigenvalue weighted by atomic mass is 16.9. The van der Waals surface area contributed by atoms with Gasteiger partial charge in [-0.25, -0.2) is 4.79 Å². The largest absolute Gasteiger partial charge is 0.445 e. The van der Waals surface area contributed by atoms with Crippen molar-refractivity contribution in [1.82, 2.24) is 4.90 Å². The number of hydrogen-bond donors (Lipinski definition) is 1. The van der Waals surface area contributed by atoms with Gasteiger partial charge in [0.05, 0.1) is 18.7 Å². The minimum Gasteiger partial charge on any atom is -0.445 e. The Labute approximate surface area is 187 Å². The smallest absolute Gasteiger partial charge is 0.410 e. The summed E-state index contributed by atoms with van der Waals surface area (Å²) in [6, 6.07) is 9.02. The van der Waals surface area contributed by atoms with Gasteiger partial charge in [-0.05, 0) is 39.7 Å². The van der Waals surface area contributed by atoms with Crippen molar-refractivity contribution >= 4 is 6.09 Å². The van der Waals surface area contributed by atoms with Crippen LogP contribution in [-0.2, 0) is 35.0 Å². The van der Waals surface area contributed by atoms with Crippen molar-refractivity contribution in [2.75, 3.05) is 6.54 Å². The zero-order valence-corrected chi connectivity index (χ0v) is 18.8. The first kappa shape index (κ1) is 22.1. The topological polar surface area (TPSA) is 95.9 Å². The van der Waals surface area contributed by atoms with Gasteiger partial charge in [-0.1, -0.05) is 30.3 Å². The van der Waals surface area contributed by atoms with Crippen molar-refractivity contribution in [3.8, 4) is 0 Å². The van der Waals surface area contributed by atoms with E-state index in [0.29, 0.717) is 6.42 Å². The van der Waals surface area contributed by atoms with E-state index in [9.17, 15) is 9.90 Å². The van der Waals surface area contributed by atoms with E-state index in [0.717, 1.165) is 5.56 Å². The number of aliphatic hydroxyl groups excluding tert-OH is 1. The van der Waals surface area contributed by atoms with Crippen LogP contribution in [0.15, 0.2) is 30.3 Å². The van der Waals surface area contributed by atoms with Gasteiger partial charge < -0.3 is 33.5 Å². The lowest BCUT2D eigenvalue weighted by Gasteiger charge is -2.41. The molecule has 9 nitrogen and oxygen atoms in total. The zero-order valence-electron chi connectivity index (χ0n) is 18.8. The summed E-state index contributed by atoms with van der Waals surface area (Å²) in [6.45, 7) is 7.65. The Hall–Kier alpha value is -1.75. The zero-order chi connectivity index (χ0) is 22.7. The number of aliphatic hydroxyl groups is 1. The SMILES string of the molecule is CC1(C)O[C@@H]2[C@H](O1)[C@H]1OC(C)(C)O[C@H]1O[C@@H]2[C@H]1C[C@@H](O)CN1C(=O)OCc1ccccc1. The van der Waals surface area contributed by atoms with E-state index in [-0.39, 0.29) is 13.2 Å². The fourth-order valence-corrected chi connectivity index (χ4v) is 5.12. The number of benzene rings is 1. The van der Waals surface area contributed by atoms with Crippen molar-refractivity contribution in [1.29, 1.82) is 0 Å². The van der Waals surface area contributed by atoms with Gasteiger partial charge in [0.25, 0.3) is 0 Å². The van der Waals surface area contributed by atoms with Crippen molar-refractivity contribution in [2.24, 2.45) is 0 Å². The van der Waals surface area contributed by atoms with E-state index in [4.69, 9.17) is 28.4 Å². The molecule has 0 aromatic heterocycles. The molecule has 4 aliphatic heterocycles. The van der Waals surface area contributed by atoms with Gasteiger partial charge >= 0.3 is 6.09 Å². The average molecular weight is 450 g/mol. The van der Waals surface area contributed by atoms with Gasteiger partial charge in [-0.15, -0.1) is 0 Å². The van der Waals surface area contributed by atoms with Gasteiger partial charge in [0.2, 0.25) is 0 Å². The van der Waals surface area contributed by atoms with Crippen molar-refractivity contribution in [3.63, 3.8) is 0 Å². The van der Waals surface area contributed by atoms with Crippen LogP contribution in [0.4, 0.5) is 4.79 Å². The summed E-state index contributed by atoms with van der Waals surface area (Å²) in [6.07, 6.45) is -3.41. The normalized spacial score (nSPS) is 39.5. The maximum atomic E-state index is 13.0. The lowest BCUT2D eigenvalue weighted by atomic mass is 9.92. The maximum Gasteiger partial charge on any atom is 0.410 e. The molecule has 0 spiro atoms. The van der Waals surface area contributed by atoms with Gasteiger partial charge in [0, 0.05) is 0 Å². The van der Waals surface area contributed by atoms with Crippen LogP contribution in [0.1, 0.15) is 39.7 Å². The van der Waals surface area contributed by atoms with E-state index in [1.54, 1.807) is 0 Å². The van der Waals surface area contributed by atoms with E-state index >= 15 is 0 Å². The molecule has 0 unspecified atom stereocenters. The van der Waals surface area contributed by atoms with Gasteiger partial charge in [0.1, 0.15) is 31.0 Å². The molecule has 176 valence electrons. The van der Waals surface area contributed by atoms with E-state index in [2.05, 4.69) is 0 Å². The standard InChI is InChI=1S/C23H31NO8/c1-22(2)29-17-16(28-20-19(18(17)30-22)31-23(3,4)32-20)15-10-14(25)11-24(15)21(26)27-12-13-8-6-5-7-9-13/h5-9,14-20,25H,10-12H2,1-4H3/t14-,15-,16-,17+,18+,19-,20-/m1/s1. The predicted molar refractivity (Wildman–Crippen MR) is 110 cm³/mol. The molecule has 0 radical (unpaired) electrons. The molecule has 4 saturated heterocycles. The molecule has 1 amide bonds. The molecule has 0 bridgehead atoms. The van der Waals surface area contributed by atoms with Crippen LogP contribution in [-0.4, -0.2) is 77.1 Å². The summed E-state index contributed by atoms with van der Waals surface area (Å²) in [5.41, 5.74) is 0.891. The van der Waals surface area contributed by atoms with Crippen LogP contribution in [0.2, 0.25) is 0 Å². The summed E-state index contributed by atoms with van der Waals surface area (Å²) in [5, 5.41) is 10.4. The minimum atomic E-state index is -0.836. The molecule has 0 saturated carbocycles. The van der Waals surface area contributed by atoms with Crippen LogP contribution >= 0.6 is 0 Å². The fourth-order valence-electron chi connectivity index (χ4n) is 5.12. The molecule has 1 aromatic rings. The first-order valence-electron chi connectivity index (χ1n) is 11.1. The Morgan fingerprint density at radius 2 is 1.62 bits per heavy atom. The Morgan fingerprint density at radius 3 is 2.34 bits per heavy atom. The molecule has 1 N–H and O–H groups in total.